The number of carbonyl (C=O) groups is 18. The fourth-order valence-electron chi connectivity index (χ4n) is 8.42. The number of nitrogens with one attached hydrogen (secondary N) is 9. The third-order valence-electron chi connectivity index (χ3n) is 15.7. The van der Waals surface area contributed by atoms with Gasteiger partial charge in [0, 0.05) is 67.2 Å². The van der Waals surface area contributed by atoms with Crippen molar-refractivity contribution in [3.63, 3.8) is 0 Å². The van der Waals surface area contributed by atoms with Crippen LogP contribution in [0.4, 0.5) is 0 Å². The van der Waals surface area contributed by atoms with E-state index in [1.165, 1.54) is 47.7 Å². The first-order chi connectivity index (χ1) is 57.5. The fourth-order valence-corrected chi connectivity index (χ4v) is 8.42. The number of esters is 4. The maximum Gasteiger partial charge on any atom is 0.342 e. The van der Waals surface area contributed by atoms with Crippen LogP contribution in [0.5, 0.6) is 0 Å². The average molecular weight is 1740 g/mol. The van der Waals surface area contributed by atoms with Crippen LogP contribution in [0.25, 0.3) is 29.1 Å². The zero-order valence-corrected chi connectivity index (χ0v) is 68.9. The van der Waals surface area contributed by atoms with Crippen molar-refractivity contribution in [3.8, 4) is 0 Å². The van der Waals surface area contributed by atoms with Gasteiger partial charge in [0.25, 0.3) is 0 Å². The molecule has 0 radical (unpaired) electrons. The number of nitrogens with zero attached hydrogens (tertiary/aromatic N) is 10. The highest BCUT2D eigenvalue weighted by Gasteiger charge is 2.46. The molecule has 8 unspecified atom stereocenters. The molecule has 123 heavy (non-hydrogen) atoms. The molecule has 48 heteroatoms. The van der Waals surface area contributed by atoms with E-state index >= 15 is 0 Å². The number of azo groups is 2. The smallest absolute Gasteiger partial charge is 0.342 e. The van der Waals surface area contributed by atoms with E-state index in [1.54, 1.807) is 0 Å². The van der Waals surface area contributed by atoms with Crippen molar-refractivity contribution >= 4 is 109 Å². The van der Waals surface area contributed by atoms with E-state index in [0.717, 1.165) is 18.2 Å². The van der Waals surface area contributed by atoms with Crippen LogP contribution in [0.1, 0.15) is 165 Å². The van der Waals surface area contributed by atoms with E-state index in [0.29, 0.717) is 32.1 Å². The van der Waals surface area contributed by atoms with Gasteiger partial charge in [0.15, 0.2) is 0 Å². The van der Waals surface area contributed by atoms with Gasteiger partial charge in [-0.05, 0) is 50.1 Å². The Morgan fingerprint density at radius 2 is 0.642 bits per heavy atom. The van der Waals surface area contributed by atoms with Crippen LogP contribution in [0.15, 0.2) is 71.2 Å². The summed E-state index contributed by atoms with van der Waals surface area (Å²) in [6, 6.07) is 0. The Kier molecular flexibility index (Phi) is 73.0. The van der Waals surface area contributed by atoms with Crippen molar-refractivity contribution in [2.24, 2.45) is 49.5 Å². The molecule has 12 amide bonds. The minimum atomic E-state index is -1.41. The summed E-state index contributed by atoms with van der Waals surface area (Å²) in [6.07, 6.45) is 6.59. The second kappa shape index (κ2) is 73.8. The van der Waals surface area contributed by atoms with Gasteiger partial charge in [0.1, 0.15) is 38.3 Å². The minimum Gasteiger partial charge on any atom is -0.464 e. The lowest BCUT2D eigenvalue weighted by Crippen LogP contribution is -2.42. The molecule has 17 N–H and O–H groups in total. The Hall–Kier alpha value is -14.5. The molecular formula is C75H114N22O26. The number of nitrogens with two attached hydrogens (primary N) is 3. The predicted octanol–water partition coefficient (Wildman–Crippen LogP) is 2.08. The Labute approximate surface area is 713 Å². The first-order valence-electron chi connectivity index (χ1n) is 36.4. The van der Waals surface area contributed by atoms with Crippen LogP contribution < -0.4 is 65.1 Å². The molecule has 0 aromatic heterocycles. The summed E-state index contributed by atoms with van der Waals surface area (Å²) in [6.45, 7) is 66.1. The van der Waals surface area contributed by atoms with Crippen LogP contribution in [-0.4, -0.2) is 219 Å². The monoisotopic (exact) mass is 1740 g/mol. The van der Waals surface area contributed by atoms with Gasteiger partial charge < -0.3 is 103 Å². The molecule has 0 aliphatic carbocycles. The number of amides is 12. The molecule has 0 spiro atoms. The van der Waals surface area contributed by atoms with Crippen molar-refractivity contribution in [2.75, 3.05) is 65.9 Å². The summed E-state index contributed by atoms with van der Waals surface area (Å²) >= 11 is 0. The SMILES string of the molecule is C.C=CC(=O)NCNC(=O)C=C.C=CC(N)=O.C=CNC=O.[C-]#[N+]C(C)(CCC(=O)OCCNC=O)C(CCCC(=O)NCNC(=O)CCCC(C(N)=O)C(C)(CCC(=O)OCCNC=O)[N+]#[C-])C(N)=O.[C-]#[N+]C(C)(CCC(=O)OCCNC=O)N=NC(C)(CCC(=O)OCCNC=O)[N+]#[C-].[C-]#[N+]C(C)(CCC(=O)OO)N=NC(C)(CCC(=O)OO)[N+]#[C-]. The molecular weight excluding hydrogens is 1620 g/mol. The molecule has 0 saturated carbocycles. The van der Waals surface area contributed by atoms with Gasteiger partial charge in [0.05, 0.1) is 104 Å². The molecule has 0 aromatic carbocycles. The largest absolute Gasteiger partial charge is 0.464 e. The second-order valence-electron chi connectivity index (χ2n) is 25.6. The summed E-state index contributed by atoms with van der Waals surface area (Å²) in [7, 11) is 0. The van der Waals surface area contributed by atoms with Gasteiger partial charge >= 0.3 is 58.5 Å². The lowest BCUT2D eigenvalue weighted by Gasteiger charge is -2.25. The minimum absolute atomic E-state index is 0. The fraction of sp³-hybridized carbons (Fsp3) is 0.573. The van der Waals surface area contributed by atoms with Crippen LogP contribution in [0.3, 0.4) is 0 Å². The number of hydrogen-bond acceptors (Lipinski definition) is 30. The molecule has 0 rings (SSSR count). The number of rotatable bonds is 59. The highest BCUT2D eigenvalue weighted by atomic mass is 17.1. The van der Waals surface area contributed by atoms with Crippen LogP contribution in [0, 0.1) is 51.3 Å². The molecule has 680 valence electrons. The number of carbonyl (C=O) groups excluding carboxylic acids is 18. The molecule has 0 bridgehead atoms. The molecule has 8 atom stereocenters. The third kappa shape index (κ3) is 67.1. The summed E-state index contributed by atoms with van der Waals surface area (Å²) < 4.78 is 19.7. The summed E-state index contributed by atoms with van der Waals surface area (Å²) in [4.78, 5) is 226. The molecule has 48 nitrogen and oxygen atoms in total. The summed E-state index contributed by atoms with van der Waals surface area (Å²) in [5.74, 6) is -9.48. The highest BCUT2D eigenvalue weighted by molar-refractivity contribution is 5.89. The molecule has 0 aliphatic rings. The zero-order chi connectivity index (χ0) is 94.5. The zero-order valence-electron chi connectivity index (χ0n) is 68.9. The predicted molar refractivity (Wildman–Crippen MR) is 434 cm³/mol. The Bertz CT molecular complexity index is 3530. The lowest BCUT2D eigenvalue weighted by atomic mass is 9.79. The van der Waals surface area contributed by atoms with E-state index in [1.807, 2.05) is 0 Å². The van der Waals surface area contributed by atoms with Crippen molar-refractivity contribution in [1.82, 2.24) is 47.9 Å². The molecule has 0 aliphatic heterocycles. The van der Waals surface area contributed by atoms with Gasteiger partial charge in [-0.3, -0.25) is 96.1 Å². The standard InChI is InChI=1S/C31H48N8O10.C18H26N6O6.C12H16N4O6.C7H10N2O2.2C3H5NO.CH4/c1-30(34-3,13-11-26(44)48-17-15-36-20-40)22(28(32)46)7-5-9-24(42)38-19-39-25(43)10-6-8-23(29(33)47)31(2,35-4)14-12-27(45)49-18-16-37-21-41;1-17(19-3,7-5-15(27)29-11-9-21-13-25)23-24-18(2,20-4)8-6-16(28)30-12-10-22-14-26;1-11(13-3,7-5-9(17)21-19)15-16-12(2,14-4)8-6-10(18)22-20;1-3-6(10)8-5-9-7(11)4-2;1-2-4-3-5;1-2-3(4)5;/h20-23H,5-19H2,1-2H3,(H2,32,46)(H2,33,47)(H,36,40)(H,37,41)(H,38,42)(H,39,43);13-14H,5-12H2,1-2H3,(H,21,25)(H,22,26);19-20H,5-8H2,1-2H3;3-4H,1-2,5H2,(H,8,10)(H,9,11);2-3H,1H2,(H,4,5);2H,1H2,(H2,4,5);1H4. The Morgan fingerprint density at radius 1 is 0.390 bits per heavy atom. The van der Waals surface area contributed by atoms with Gasteiger partial charge in [-0.2, -0.15) is 10.5 Å². The summed E-state index contributed by atoms with van der Waals surface area (Å²) in [5.41, 5.74) is 7.47. The van der Waals surface area contributed by atoms with Crippen LogP contribution in [0.2, 0.25) is 0 Å². The van der Waals surface area contributed by atoms with Crippen LogP contribution in [-0.2, 0) is 115 Å². The first kappa shape index (κ1) is 122. The van der Waals surface area contributed by atoms with Crippen molar-refractivity contribution < 1.29 is 126 Å². The quantitative estimate of drug-likeness (QED) is 0.00396. The molecule has 0 fully saturated rings. The van der Waals surface area contributed by atoms with E-state index in [9.17, 15) is 86.3 Å². The first-order valence-corrected chi connectivity index (χ1v) is 36.4. The topological polar surface area (TPSA) is 665 Å². The lowest BCUT2D eigenvalue weighted by molar-refractivity contribution is -0.234. The van der Waals surface area contributed by atoms with Gasteiger partial charge in [-0.15, -0.1) is 0 Å². The number of hydrogen-bond donors (Lipinski definition) is 14. The number of primary amides is 3. The van der Waals surface area contributed by atoms with Gasteiger partial charge in [-0.1, -0.05) is 54.2 Å². The van der Waals surface area contributed by atoms with Crippen LogP contribution >= 0.6 is 0 Å². The average Bonchev–Trinajstić information content (AvgIpc) is 0.836. The number of ether oxygens (including phenoxy) is 4. The molecule has 0 aromatic rings. The van der Waals surface area contributed by atoms with Gasteiger partial charge in [0.2, 0.25) is 84.5 Å². The summed E-state index contributed by atoms with van der Waals surface area (Å²) in [5, 5.41) is 53.1. The molecule has 0 saturated heterocycles. The Balaban J connectivity index is -0.000000308. The second-order valence-corrected chi connectivity index (χ2v) is 25.6. The van der Waals surface area contributed by atoms with E-state index in [2.05, 4.69) is 139 Å². The van der Waals surface area contributed by atoms with Gasteiger partial charge in [-0.25, -0.2) is 49.0 Å². The molecule has 0 heterocycles. The van der Waals surface area contributed by atoms with E-state index < -0.39 is 111 Å². The Morgan fingerprint density at radius 3 is 0.837 bits per heavy atom. The highest BCUT2D eigenvalue weighted by Crippen LogP contribution is 2.34. The maximum absolute atomic E-state index is 12.3. The maximum atomic E-state index is 12.3. The van der Waals surface area contributed by atoms with E-state index in [4.69, 9.17) is 80.4 Å². The van der Waals surface area contributed by atoms with Crippen molar-refractivity contribution in [1.29, 1.82) is 0 Å². The third-order valence-corrected chi connectivity index (χ3v) is 15.7. The van der Waals surface area contributed by atoms with Crippen molar-refractivity contribution in [2.45, 2.75) is 198 Å². The van der Waals surface area contributed by atoms with E-state index in [-0.39, 0.29) is 201 Å². The van der Waals surface area contributed by atoms with Crippen molar-refractivity contribution in [3.05, 3.63) is 119 Å². The normalized spacial score (nSPS) is 13.1.